The van der Waals surface area contributed by atoms with Crippen molar-refractivity contribution in [3.8, 4) is 0 Å². The normalized spacial score (nSPS) is 15.2. The summed E-state index contributed by atoms with van der Waals surface area (Å²) in [5.41, 5.74) is 4.24. The fraction of sp³-hybridized carbons (Fsp3) is 0.429. The number of nitrogens with zero attached hydrogens (tertiary/aromatic N) is 5. The highest BCUT2D eigenvalue weighted by Crippen LogP contribution is 2.22. The Bertz CT molecular complexity index is 1000. The third kappa shape index (κ3) is 3.83. The second-order valence-corrected chi connectivity index (χ2v) is 7.59. The van der Waals surface area contributed by atoms with Gasteiger partial charge in [0.15, 0.2) is 0 Å². The van der Waals surface area contributed by atoms with E-state index >= 15 is 0 Å². The van der Waals surface area contributed by atoms with Gasteiger partial charge in [-0.2, -0.15) is 0 Å². The molecule has 1 fully saturated rings. The molecule has 0 spiro atoms. The molecule has 3 heterocycles. The number of amides is 2. The monoisotopic (exact) mass is 378 g/mol. The Morgan fingerprint density at radius 3 is 2.50 bits per heavy atom. The Balaban J connectivity index is 1.36. The summed E-state index contributed by atoms with van der Waals surface area (Å²) in [4.78, 5) is 28.0. The molecule has 0 atom stereocenters. The van der Waals surface area contributed by atoms with E-state index in [1.807, 2.05) is 56.3 Å². The Hall–Kier alpha value is -2.96. The van der Waals surface area contributed by atoms with E-state index in [-0.39, 0.29) is 6.03 Å². The van der Waals surface area contributed by atoms with E-state index in [9.17, 15) is 4.79 Å². The minimum absolute atomic E-state index is 0.0478. The highest BCUT2D eigenvalue weighted by Gasteiger charge is 2.23. The summed E-state index contributed by atoms with van der Waals surface area (Å²) in [6.07, 6.45) is 5.88. The maximum Gasteiger partial charge on any atom is 0.321 e. The molecule has 7 nitrogen and oxygen atoms in total. The van der Waals surface area contributed by atoms with Gasteiger partial charge < -0.3 is 14.8 Å². The van der Waals surface area contributed by atoms with Crippen LogP contribution in [-0.4, -0.2) is 43.5 Å². The van der Waals surface area contributed by atoms with Gasteiger partial charge in [0.2, 0.25) is 0 Å². The number of carbonyl (C=O) groups is 1. The lowest BCUT2D eigenvalue weighted by Gasteiger charge is -2.32. The van der Waals surface area contributed by atoms with E-state index in [2.05, 4.69) is 24.8 Å². The molecule has 7 heteroatoms. The largest absolute Gasteiger partial charge is 0.335 e. The van der Waals surface area contributed by atoms with Gasteiger partial charge in [-0.25, -0.2) is 19.7 Å². The van der Waals surface area contributed by atoms with E-state index in [1.165, 1.54) is 0 Å². The molecule has 146 valence electrons. The Morgan fingerprint density at radius 1 is 1.11 bits per heavy atom. The molecule has 0 saturated carbocycles. The number of hydrogen-bond donors (Lipinski definition) is 1. The van der Waals surface area contributed by atoms with Crippen LogP contribution in [0.4, 0.5) is 10.5 Å². The summed E-state index contributed by atoms with van der Waals surface area (Å²) >= 11 is 0. The van der Waals surface area contributed by atoms with Crippen LogP contribution >= 0.6 is 0 Å². The molecule has 4 rings (SSSR count). The van der Waals surface area contributed by atoms with Crippen LogP contribution in [0.1, 0.15) is 30.1 Å². The van der Waals surface area contributed by atoms with Crippen molar-refractivity contribution in [2.45, 2.75) is 40.2 Å². The minimum atomic E-state index is -0.0478. The van der Waals surface area contributed by atoms with Crippen molar-refractivity contribution in [1.82, 2.24) is 24.4 Å². The standard InChI is InChI=1S/C21H26N6O/c1-14-15(2)24-20-12-18(4-5-19(20)23-14)25-21(28)26-9-6-17(7-10-26)13-27-11-8-22-16(27)3/h4-5,8,11-12,17H,6-7,9-10,13H2,1-3H3,(H,25,28). The van der Waals surface area contributed by atoms with Crippen LogP contribution < -0.4 is 5.32 Å². The first-order valence-corrected chi connectivity index (χ1v) is 9.78. The molecule has 2 aromatic heterocycles. The van der Waals surface area contributed by atoms with Gasteiger partial charge in [0.1, 0.15) is 5.82 Å². The summed E-state index contributed by atoms with van der Waals surface area (Å²) in [6, 6.07) is 5.64. The summed E-state index contributed by atoms with van der Waals surface area (Å²) in [7, 11) is 0. The van der Waals surface area contributed by atoms with Crippen LogP contribution in [0, 0.1) is 26.7 Å². The molecule has 1 N–H and O–H groups in total. The van der Waals surface area contributed by atoms with E-state index in [4.69, 9.17) is 0 Å². The van der Waals surface area contributed by atoms with Crippen LogP contribution in [0.5, 0.6) is 0 Å². The van der Waals surface area contributed by atoms with E-state index in [0.717, 1.165) is 66.4 Å². The van der Waals surface area contributed by atoms with Crippen molar-refractivity contribution in [3.05, 3.63) is 47.8 Å². The first-order chi connectivity index (χ1) is 13.5. The zero-order valence-electron chi connectivity index (χ0n) is 16.6. The second kappa shape index (κ2) is 7.58. The van der Waals surface area contributed by atoms with Gasteiger partial charge in [0, 0.05) is 37.7 Å². The SMILES string of the molecule is Cc1nc2ccc(NC(=O)N3CCC(Cn4ccnc4C)CC3)cc2nc1C. The predicted octanol–water partition coefficient (Wildman–Crippen LogP) is 3.70. The predicted molar refractivity (Wildman–Crippen MR) is 109 cm³/mol. The number of aryl methyl sites for hydroxylation is 3. The lowest BCUT2D eigenvalue weighted by atomic mass is 9.97. The summed E-state index contributed by atoms with van der Waals surface area (Å²) in [5, 5.41) is 3.01. The van der Waals surface area contributed by atoms with Gasteiger partial charge in [-0.1, -0.05) is 0 Å². The summed E-state index contributed by atoms with van der Waals surface area (Å²) in [6.45, 7) is 8.45. The number of piperidine rings is 1. The highest BCUT2D eigenvalue weighted by molar-refractivity contribution is 5.91. The number of anilines is 1. The maximum atomic E-state index is 12.7. The van der Waals surface area contributed by atoms with Gasteiger partial charge in [-0.05, 0) is 57.7 Å². The quantitative estimate of drug-likeness (QED) is 0.754. The summed E-state index contributed by atoms with van der Waals surface area (Å²) in [5.74, 6) is 1.63. The topological polar surface area (TPSA) is 75.9 Å². The molecule has 2 amide bonds. The molecule has 1 aromatic carbocycles. The van der Waals surface area contributed by atoms with Crippen molar-refractivity contribution < 1.29 is 4.79 Å². The lowest BCUT2D eigenvalue weighted by molar-refractivity contribution is 0.176. The van der Waals surface area contributed by atoms with Crippen molar-refractivity contribution >= 4 is 22.8 Å². The first-order valence-electron chi connectivity index (χ1n) is 9.78. The minimum Gasteiger partial charge on any atom is -0.335 e. The zero-order chi connectivity index (χ0) is 19.7. The van der Waals surface area contributed by atoms with Crippen LogP contribution in [-0.2, 0) is 6.54 Å². The number of fused-ring (bicyclic) bond motifs is 1. The number of likely N-dealkylation sites (tertiary alicyclic amines) is 1. The van der Waals surface area contributed by atoms with Crippen LogP contribution in [0.3, 0.4) is 0 Å². The molecule has 1 saturated heterocycles. The molecule has 1 aliphatic heterocycles. The van der Waals surface area contributed by atoms with Gasteiger partial charge >= 0.3 is 6.03 Å². The molecule has 28 heavy (non-hydrogen) atoms. The molecular weight excluding hydrogens is 352 g/mol. The van der Waals surface area contributed by atoms with Crippen molar-refractivity contribution in [1.29, 1.82) is 0 Å². The number of urea groups is 1. The van der Waals surface area contributed by atoms with E-state index in [1.54, 1.807) is 0 Å². The van der Waals surface area contributed by atoms with Gasteiger partial charge in [-0.15, -0.1) is 0 Å². The fourth-order valence-corrected chi connectivity index (χ4v) is 3.70. The Morgan fingerprint density at radius 2 is 1.82 bits per heavy atom. The van der Waals surface area contributed by atoms with E-state index < -0.39 is 0 Å². The molecule has 0 unspecified atom stereocenters. The number of aromatic nitrogens is 4. The Kier molecular flexibility index (Phi) is 4.98. The molecule has 0 aliphatic carbocycles. The molecular formula is C21H26N6O. The third-order valence-electron chi connectivity index (χ3n) is 5.61. The smallest absolute Gasteiger partial charge is 0.321 e. The van der Waals surface area contributed by atoms with Crippen molar-refractivity contribution in [3.63, 3.8) is 0 Å². The highest BCUT2D eigenvalue weighted by atomic mass is 16.2. The summed E-state index contributed by atoms with van der Waals surface area (Å²) < 4.78 is 2.19. The van der Waals surface area contributed by atoms with Gasteiger partial charge in [0.05, 0.1) is 22.4 Å². The fourth-order valence-electron chi connectivity index (χ4n) is 3.70. The van der Waals surface area contributed by atoms with Gasteiger partial charge in [-0.3, -0.25) is 0 Å². The van der Waals surface area contributed by atoms with Crippen LogP contribution in [0.25, 0.3) is 11.0 Å². The number of benzene rings is 1. The van der Waals surface area contributed by atoms with Crippen LogP contribution in [0.2, 0.25) is 0 Å². The third-order valence-corrected chi connectivity index (χ3v) is 5.61. The average Bonchev–Trinajstić information content (AvgIpc) is 3.08. The first kappa shape index (κ1) is 18.4. The second-order valence-electron chi connectivity index (χ2n) is 7.59. The molecule has 0 radical (unpaired) electrons. The zero-order valence-corrected chi connectivity index (χ0v) is 16.6. The number of rotatable bonds is 3. The number of hydrogen-bond acceptors (Lipinski definition) is 4. The molecule has 0 bridgehead atoms. The van der Waals surface area contributed by atoms with E-state index in [0.29, 0.717) is 5.92 Å². The van der Waals surface area contributed by atoms with Gasteiger partial charge in [0.25, 0.3) is 0 Å². The molecule has 1 aliphatic rings. The average molecular weight is 378 g/mol. The number of imidazole rings is 1. The number of nitrogens with one attached hydrogen (secondary N) is 1. The van der Waals surface area contributed by atoms with Crippen LogP contribution in [0.15, 0.2) is 30.6 Å². The van der Waals surface area contributed by atoms with Crippen molar-refractivity contribution in [2.24, 2.45) is 5.92 Å². The lowest BCUT2D eigenvalue weighted by Crippen LogP contribution is -2.41. The Labute approximate surface area is 164 Å². The number of carbonyl (C=O) groups excluding carboxylic acids is 1. The maximum absolute atomic E-state index is 12.7. The van der Waals surface area contributed by atoms with Crippen molar-refractivity contribution in [2.75, 3.05) is 18.4 Å². The molecule has 3 aromatic rings.